The lowest BCUT2D eigenvalue weighted by atomic mass is 9.82. The smallest absolute Gasteiger partial charge is 0.252 e. The summed E-state index contributed by atoms with van der Waals surface area (Å²) in [4.78, 5) is 20.2. The van der Waals surface area contributed by atoms with E-state index in [9.17, 15) is 4.79 Å². The zero-order valence-corrected chi connectivity index (χ0v) is 9.99. The number of anilines is 1. The molecule has 2 rings (SSSR count). The first kappa shape index (κ1) is 11.2. The molecule has 2 heterocycles. The molecule has 4 heteroatoms. The molecule has 0 bridgehead atoms. The van der Waals surface area contributed by atoms with E-state index in [1.165, 1.54) is 25.6 Å². The van der Waals surface area contributed by atoms with Gasteiger partial charge >= 0.3 is 0 Å². The third-order valence-corrected chi connectivity index (χ3v) is 3.93. The van der Waals surface area contributed by atoms with Gasteiger partial charge in [-0.25, -0.2) is 4.98 Å². The predicted molar refractivity (Wildman–Crippen MR) is 64.7 cm³/mol. The number of hydrogen-bond donors (Lipinski definition) is 1. The zero-order valence-electron chi connectivity index (χ0n) is 9.99. The van der Waals surface area contributed by atoms with Gasteiger partial charge in [-0.1, -0.05) is 13.8 Å². The molecule has 0 spiro atoms. The van der Waals surface area contributed by atoms with E-state index in [0.717, 1.165) is 18.9 Å². The van der Waals surface area contributed by atoms with E-state index < -0.39 is 0 Å². The summed E-state index contributed by atoms with van der Waals surface area (Å²) in [6.07, 6.45) is 5.08. The first-order valence-corrected chi connectivity index (χ1v) is 5.99. The third-order valence-electron chi connectivity index (χ3n) is 3.93. The van der Waals surface area contributed by atoms with Crippen LogP contribution in [0.3, 0.4) is 0 Å². The van der Waals surface area contributed by atoms with Gasteiger partial charge in [0.2, 0.25) is 0 Å². The average Bonchev–Trinajstić information content (AvgIpc) is 2.74. The number of aromatic amines is 1. The summed E-state index contributed by atoms with van der Waals surface area (Å²) < 4.78 is 0. The molecule has 0 amide bonds. The number of nitrogens with one attached hydrogen (secondary N) is 1. The van der Waals surface area contributed by atoms with Crippen LogP contribution in [0.5, 0.6) is 0 Å². The SMILES string of the molecule is CCC1(CC)CCN(c2cc(=O)[nH]cn2)C1. The van der Waals surface area contributed by atoms with Crippen LogP contribution < -0.4 is 10.5 Å². The van der Waals surface area contributed by atoms with Gasteiger partial charge in [0.25, 0.3) is 5.56 Å². The standard InChI is InChI=1S/C12H19N3O/c1-3-12(4-2)5-6-15(8-12)10-7-11(16)14-9-13-10/h7,9H,3-6,8H2,1-2H3,(H,13,14,16). The fourth-order valence-electron chi connectivity index (χ4n) is 2.49. The highest BCUT2D eigenvalue weighted by Gasteiger charge is 2.35. The molecule has 1 aliphatic rings. The van der Waals surface area contributed by atoms with Gasteiger partial charge < -0.3 is 9.88 Å². The molecule has 0 aromatic carbocycles. The molecule has 0 radical (unpaired) electrons. The maximum Gasteiger partial charge on any atom is 0.252 e. The van der Waals surface area contributed by atoms with Crippen molar-refractivity contribution in [2.45, 2.75) is 33.1 Å². The fraction of sp³-hybridized carbons (Fsp3) is 0.667. The van der Waals surface area contributed by atoms with E-state index in [1.807, 2.05) is 0 Å². The second kappa shape index (κ2) is 4.28. The first-order chi connectivity index (χ1) is 7.69. The zero-order chi connectivity index (χ0) is 11.6. The van der Waals surface area contributed by atoms with Crippen molar-refractivity contribution < 1.29 is 0 Å². The summed E-state index contributed by atoms with van der Waals surface area (Å²) in [5.74, 6) is 0.813. The molecule has 0 atom stereocenters. The lowest BCUT2D eigenvalue weighted by Crippen LogP contribution is -2.27. The second-order valence-electron chi connectivity index (χ2n) is 4.65. The van der Waals surface area contributed by atoms with Crippen LogP contribution in [0.4, 0.5) is 5.82 Å². The van der Waals surface area contributed by atoms with Gasteiger partial charge in [-0.3, -0.25) is 4.79 Å². The minimum Gasteiger partial charge on any atom is -0.356 e. The molecule has 1 fully saturated rings. The quantitative estimate of drug-likeness (QED) is 0.846. The van der Waals surface area contributed by atoms with E-state index >= 15 is 0 Å². The summed E-state index contributed by atoms with van der Waals surface area (Å²) in [6.45, 7) is 6.53. The van der Waals surface area contributed by atoms with Crippen molar-refractivity contribution in [3.05, 3.63) is 22.7 Å². The van der Waals surface area contributed by atoms with Crippen LogP contribution >= 0.6 is 0 Å². The lowest BCUT2D eigenvalue weighted by molar-refractivity contribution is 0.301. The van der Waals surface area contributed by atoms with Crippen LogP contribution in [0.15, 0.2) is 17.2 Å². The maximum atomic E-state index is 11.2. The molecule has 0 saturated carbocycles. The van der Waals surface area contributed by atoms with E-state index in [2.05, 4.69) is 28.7 Å². The van der Waals surface area contributed by atoms with Crippen molar-refractivity contribution in [3.8, 4) is 0 Å². The van der Waals surface area contributed by atoms with Crippen molar-refractivity contribution in [1.29, 1.82) is 0 Å². The minimum atomic E-state index is -0.0736. The Morgan fingerprint density at radius 3 is 2.81 bits per heavy atom. The monoisotopic (exact) mass is 221 g/mol. The van der Waals surface area contributed by atoms with Gasteiger partial charge in [-0.05, 0) is 24.7 Å². The number of hydrogen-bond acceptors (Lipinski definition) is 3. The van der Waals surface area contributed by atoms with Crippen molar-refractivity contribution in [1.82, 2.24) is 9.97 Å². The lowest BCUT2D eigenvalue weighted by Gasteiger charge is -2.26. The Hall–Kier alpha value is -1.32. The Labute approximate surface area is 95.7 Å². The number of nitrogens with zero attached hydrogens (tertiary/aromatic N) is 2. The fourth-order valence-corrected chi connectivity index (χ4v) is 2.49. The second-order valence-corrected chi connectivity index (χ2v) is 4.65. The Morgan fingerprint density at radius 1 is 1.50 bits per heavy atom. The Bertz CT molecular complexity index is 409. The molecule has 0 aliphatic carbocycles. The first-order valence-electron chi connectivity index (χ1n) is 5.99. The molecule has 1 aromatic heterocycles. The number of rotatable bonds is 3. The molecule has 4 nitrogen and oxygen atoms in total. The van der Waals surface area contributed by atoms with Gasteiger partial charge in [-0.15, -0.1) is 0 Å². The van der Waals surface area contributed by atoms with Crippen LogP contribution in [-0.2, 0) is 0 Å². The summed E-state index contributed by atoms with van der Waals surface area (Å²) >= 11 is 0. The summed E-state index contributed by atoms with van der Waals surface area (Å²) in [7, 11) is 0. The molecular formula is C12H19N3O. The summed E-state index contributed by atoms with van der Waals surface area (Å²) in [6, 6.07) is 1.58. The van der Waals surface area contributed by atoms with Crippen molar-refractivity contribution in [3.63, 3.8) is 0 Å². The highest BCUT2D eigenvalue weighted by molar-refractivity contribution is 5.38. The predicted octanol–water partition coefficient (Wildman–Crippen LogP) is 1.79. The van der Waals surface area contributed by atoms with E-state index in [4.69, 9.17) is 0 Å². The third kappa shape index (κ3) is 1.96. The van der Waals surface area contributed by atoms with Crippen LogP contribution in [0.2, 0.25) is 0 Å². The summed E-state index contributed by atoms with van der Waals surface area (Å²) in [5, 5.41) is 0. The normalized spacial score (nSPS) is 19.0. The van der Waals surface area contributed by atoms with Crippen LogP contribution in [0, 0.1) is 5.41 Å². The van der Waals surface area contributed by atoms with Crippen LogP contribution in [0.25, 0.3) is 0 Å². The highest BCUT2D eigenvalue weighted by atomic mass is 16.1. The topological polar surface area (TPSA) is 49.0 Å². The van der Waals surface area contributed by atoms with Crippen molar-refractivity contribution in [2.24, 2.45) is 5.41 Å². The largest absolute Gasteiger partial charge is 0.356 e. The molecule has 88 valence electrons. The molecule has 0 unspecified atom stereocenters. The molecule has 1 aliphatic heterocycles. The number of H-pyrrole nitrogens is 1. The minimum absolute atomic E-state index is 0.0736. The van der Waals surface area contributed by atoms with Gasteiger partial charge in [0.1, 0.15) is 5.82 Å². The molecule has 1 aromatic rings. The summed E-state index contributed by atoms with van der Waals surface area (Å²) in [5.41, 5.74) is 0.347. The van der Waals surface area contributed by atoms with E-state index in [-0.39, 0.29) is 5.56 Å². The molecule has 16 heavy (non-hydrogen) atoms. The maximum absolute atomic E-state index is 11.2. The highest BCUT2D eigenvalue weighted by Crippen LogP contribution is 2.38. The van der Waals surface area contributed by atoms with Crippen molar-refractivity contribution >= 4 is 5.82 Å². The molecule has 1 saturated heterocycles. The molecule has 1 N–H and O–H groups in total. The number of aromatic nitrogens is 2. The molecular weight excluding hydrogens is 202 g/mol. The Morgan fingerprint density at radius 2 is 2.25 bits per heavy atom. The Balaban J connectivity index is 2.17. The average molecular weight is 221 g/mol. The van der Waals surface area contributed by atoms with Crippen molar-refractivity contribution in [2.75, 3.05) is 18.0 Å². The Kier molecular flexibility index (Phi) is 2.99. The van der Waals surface area contributed by atoms with Gasteiger partial charge in [-0.2, -0.15) is 0 Å². The van der Waals surface area contributed by atoms with Crippen LogP contribution in [-0.4, -0.2) is 23.1 Å². The van der Waals surface area contributed by atoms with Gasteiger partial charge in [0.15, 0.2) is 0 Å². The van der Waals surface area contributed by atoms with Gasteiger partial charge in [0.05, 0.1) is 6.33 Å². The van der Waals surface area contributed by atoms with Gasteiger partial charge in [0, 0.05) is 19.2 Å². The van der Waals surface area contributed by atoms with E-state index in [1.54, 1.807) is 6.07 Å². The van der Waals surface area contributed by atoms with E-state index in [0.29, 0.717) is 5.41 Å². The van der Waals surface area contributed by atoms with Crippen LogP contribution in [0.1, 0.15) is 33.1 Å².